The first kappa shape index (κ1) is 12.6. The first-order valence-corrected chi connectivity index (χ1v) is 6.88. The molecular formula is C16H25N. The van der Waals surface area contributed by atoms with E-state index >= 15 is 0 Å². The van der Waals surface area contributed by atoms with Crippen molar-refractivity contribution in [3.63, 3.8) is 0 Å². The maximum atomic E-state index is 6.71. The molecule has 0 spiro atoms. The molecule has 0 bridgehead atoms. The number of nitrogens with two attached hydrogens (primary N) is 1. The zero-order valence-electron chi connectivity index (χ0n) is 11.4. The van der Waals surface area contributed by atoms with Gasteiger partial charge in [0.1, 0.15) is 0 Å². The van der Waals surface area contributed by atoms with E-state index in [2.05, 4.69) is 45.0 Å². The molecule has 0 radical (unpaired) electrons. The molecule has 1 fully saturated rings. The van der Waals surface area contributed by atoms with Gasteiger partial charge in [-0.3, -0.25) is 0 Å². The second-order valence-corrected chi connectivity index (χ2v) is 6.07. The van der Waals surface area contributed by atoms with Gasteiger partial charge in [-0.2, -0.15) is 0 Å². The molecular weight excluding hydrogens is 206 g/mol. The van der Waals surface area contributed by atoms with Crippen LogP contribution in [-0.2, 0) is 5.54 Å². The summed E-state index contributed by atoms with van der Waals surface area (Å²) in [6.45, 7) is 6.84. The minimum atomic E-state index is -0.0848. The first-order chi connectivity index (χ1) is 8.03. The van der Waals surface area contributed by atoms with Crippen LogP contribution in [0.5, 0.6) is 0 Å². The molecule has 2 rings (SSSR count). The van der Waals surface area contributed by atoms with Crippen LogP contribution in [0.25, 0.3) is 0 Å². The smallest absolute Gasteiger partial charge is 0.0415 e. The lowest BCUT2D eigenvalue weighted by Gasteiger charge is -2.40. The number of rotatable bonds is 2. The Kier molecular flexibility index (Phi) is 3.58. The molecule has 1 nitrogen and oxygen atoms in total. The van der Waals surface area contributed by atoms with Gasteiger partial charge in [-0.25, -0.2) is 0 Å². The van der Waals surface area contributed by atoms with Gasteiger partial charge in [0.25, 0.3) is 0 Å². The highest BCUT2D eigenvalue weighted by Gasteiger charge is 2.35. The van der Waals surface area contributed by atoms with Crippen LogP contribution in [0.15, 0.2) is 24.3 Å². The van der Waals surface area contributed by atoms with Crippen molar-refractivity contribution in [2.45, 2.75) is 52.0 Å². The van der Waals surface area contributed by atoms with E-state index in [1.807, 2.05) is 0 Å². The number of hydrogen-bond acceptors (Lipinski definition) is 1. The molecule has 1 saturated carbocycles. The Morgan fingerprint density at radius 3 is 2.65 bits per heavy atom. The van der Waals surface area contributed by atoms with Crippen LogP contribution in [0.3, 0.4) is 0 Å². The SMILES string of the molecule is Cc1ccccc1C1(N)CCCC(C(C)C)C1. The topological polar surface area (TPSA) is 26.0 Å². The van der Waals surface area contributed by atoms with Crippen LogP contribution in [0.4, 0.5) is 0 Å². The molecule has 0 amide bonds. The van der Waals surface area contributed by atoms with Crippen LogP contribution < -0.4 is 5.73 Å². The third-order valence-electron chi connectivity index (χ3n) is 4.45. The Labute approximate surface area is 105 Å². The summed E-state index contributed by atoms with van der Waals surface area (Å²) in [5.41, 5.74) is 9.34. The zero-order valence-corrected chi connectivity index (χ0v) is 11.4. The van der Waals surface area contributed by atoms with E-state index in [0.717, 1.165) is 24.7 Å². The molecule has 1 aromatic rings. The monoisotopic (exact) mass is 231 g/mol. The van der Waals surface area contributed by atoms with E-state index in [4.69, 9.17) is 5.73 Å². The second kappa shape index (κ2) is 4.81. The minimum Gasteiger partial charge on any atom is -0.321 e. The maximum Gasteiger partial charge on any atom is 0.0415 e. The van der Waals surface area contributed by atoms with Gasteiger partial charge in [0.15, 0.2) is 0 Å². The fourth-order valence-corrected chi connectivity index (χ4v) is 3.30. The van der Waals surface area contributed by atoms with Gasteiger partial charge in [-0.05, 0) is 42.7 Å². The Morgan fingerprint density at radius 1 is 1.29 bits per heavy atom. The summed E-state index contributed by atoms with van der Waals surface area (Å²) in [5.74, 6) is 1.54. The summed E-state index contributed by atoms with van der Waals surface area (Å²) in [6, 6.07) is 8.63. The van der Waals surface area contributed by atoms with Gasteiger partial charge in [0, 0.05) is 5.54 Å². The Morgan fingerprint density at radius 2 is 2.00 bits per heavy atom. The van der Waals surface area contributed by atoms with Crippen LogP contribution in [0.1, 0.15) is 50.7 Å². The van der Waals surface area contributed by atoms with Gasteiger partial charge >= 0.3 is 0 Å². The highest BCUT2D eigenvalue weighted by atomic mass is 14.8. The summed E-state index contributed by atoms with van der Waals surface area (Å²) in [4.78, 5) is 0. The summed E-state index contributed by atoms with van der Waals surface area (Å²) >= 11 is 0. The molecule has 0 aromatic heterocycles. The van der Waals surface area contributed by atoms with E-state index in [1.165, 1.54) is 24.0 Å². The normalized spacial score (nSPS) is 29.6. The molecule has 2 N–H and O–H groups in total. The molecule has 94 valence electrons. The van der Waals surface area contributed by atoms with Crippen molar-refractivity contribution in [2.75, 3.05) is 0 Å². The van der Waals surface area contributed by atoms with E-state index in [-0.39, 0.29) is 5.54 Å². The number of hydrogen-bond donors (Lipinski definition) is 1. The predicted octanol–water partition coefficient (Wildman–Crippen LogP) is 4.00. The number of benzene rings is 1. The van der Waals surface area contributed by atoms with Crippen LogP contribution in [0, 0.1) is 18.8 Å². The molecule has 2 atom stereocenters. The molecule has 17 heavy (non-hydrogen) atoms. The highest BCUT2D eigenvalue weighted by molar-refractivity contribution is 5.33. The van der Waals surface area contributed by atoms with Crippen LogP contribution in [-0.4, -0.2) is 0 Å². The first-order valence-electron chi connectivity index (χ1n) is 6.88. The summed E-state index contributed by atoms with van der Waals surface area (Å²) in [5, 5.41) is 0. The Hall–Kier alpha value is -0.820. The van der Waals surface area contributed by atoms with Crippen molar-refractivity contribution < 1.29 is 0 Å². The van der Waals surface area contributed by atoms with Gasteiger partial charge in [0.2, 0.25) is 0 Å². The molecule has 1 aliphatic carbocycles. The highest BCUT2D eigenvalue weighted by Crippen LogP contribution is 2.41. The average Bonchev–Trinajstić information content (AvgIpc) is 2.29. The zero-order chi connectivity index (χ0) is 12.5. The standard InChI is InChI=1S/C16H25N/c1-12(2)14-8-6-10-16(17,11-14)15-9-5-4-7-13(15)3/h4-5,7,9,12,14H,6,8,10-11,17H2,1-3H3. The van der Waals surface area contributed by atoms with Crippen molar-refractivity contribution in [3.8, 4) is 0 Å². The molecule has 0 aliphatic heterocycles. The third kappa shape index (κ3) is 2.55. The molecule has 1 aromatic carbocycles. The lowest BCUT2D eigenvalue weighted by molar-refractivity contribution is 0.183. The number of aryl methyl sites for hydroxylation is 1. The summed E-state index contributed by atoms with van der Waals surface area (Å²) in [7, 11) is 0. The van der Waals surface area contributed by atoms with Gasteiger partial charge in [-0.1, -0.05) is 51.0 Å². The lowest BCUT2D eigenvalue weighted by Crippen LogP contribution is -2.43. The lowest BCUT2D eigenvalue weighted by atomic mass is 9.68. The fourth-order valence-electron chi connectivity index (χ4n) is 3.30. The molecule has 2 unspecified atom stereocenters. The second-order valence-electron chi connectivity index (χ2n) is 6.07. The van der Waals surface area contributed by atoms with E-state index < -0.39 is 0 Å². The van der Waals surface area contributed by atoms with E-state index in [9.17, 15) is 0 Å². The van der Waals surface area contributed by atoms with Gasteiger partial charge < -0.3 is 5.73 Å². The third-order valence-corrected chi connectivity index (χ3v) is 4.45. The Balaban J connectivity index is 2.27. The van der Waals surface area contributed by atoms with Gasteiger partial charge in [-0.15, -0.1) is 0 Å². The van der Waals surface area contributed by atoms with E-state index in [0.29, 0.717) is 0 Å². The van der Waals surface area contributed by atoms with Crippen LogP contribution >= 0.6 is 0 Å². The van der Waals surface area contributed by atoms with Crippen molar-refractivity contribution in [2.24, 2.45) is 17.6 Å². The van der Waals surface area contributed by atoms with Crippen molar-refractivity contribution in [1.82, 2.24) is 0 Å². The molecule has 1 heteroatoms. The van der Waals surface area contributed by atoms with Gasteiger partial charge in [0.05, 0.1) is 0 Å². The van der Waals surface area contributed by atoms with E-state index in [1.54, 1.807) is 0 Å². The average molecular weight is 231 g/mol. The molecule has 0 heterocycles. The maximum absolute atomic E-state index is 6.71. The summed E-state index contributed by atoms with van der Waals surface area (Å²) < 4.78 is 0. The predicted molar refractivity (Wildman–Crippen MR) is 73.8 cm³/mol. The van der Waals surface area contributed by atoms with Crippen molar-refractivity contribution in [3.05, 3.63) is 35.4 Å². The largest absolute Gasteiger partial charge is 0.321 e. The Bertz CT molecular complexity index is 383. The molecule has 1 aliphatic rings. The minimum absolute atomic E-state index is 0.0848. The van der Waals surface area contributed by atoms with Crippen molar-refractivity contribution >= 4 is 0 Å². The molecule has 0 saturated heterocycles. The fraction of sp³-hybridized carbons (Fsp3) is 0.625. The quantitative estimate of drug-likeness (QED) is 0.818. The van der Waals surface area contributed by atoms with Crippen molar-refractivity contribution in [1.29, 1.82) is 0 Å². The summed E-state index contributed by atoms with van der Waals surface area (Å²) in [6.07, 6.45) is 4.91. The van der Waals surface area contributed by atoms with Crippen LogP contribution in [0.2, 0.25) is 0 Å².